The van der Waals surface area contributed by atoms with E-state index in [1.54, 1.807) is 12.3 Å². The van der Waals surface area contributed by atoms with Crippen LogP contribution in [0.2, 0.25) is 0 Å². The molecule has 0 radical (unpaired) electrons. The second-order valence-electron chi connectivity index (χ2n) is 4.30. The second-order valence-corrected chi connectivity index (χ2v) is 4.30. The maximum absolute atomic E-state index is 11.8. The van der Waals surface area contributed by atoms with Gasteiger partial charge in [-0.15, -0.1) is 0 Å². The molecule has 5 nitrogen and oxygen atoms in total. The lowest BCUT2D eigenvalue weighted by molar-refractivity contribution is 0.102. The van der Waals surface area contributed by atoms with E-state index in [9.17, 15) is 4.79 Å². The molecule has 19 heavy (non-hydrogen) atoms. The maximum Gasteiger partial charge on any atom is 0.273 e. The highest BCUT2D eigenvalue weighted by Crippen LogP contribution is 2.11. The van der Waals surface area contributed by atoms with Crippen LogP contribution in [0.1, 0.15) is 29.4 Å². The zero-order valence-electron chi connectivity index (χ0n) is 10.9. The minimum absolute atomic E-state index is 0.184. The largest absolute Gasteiger partial charge is 0.321 e. The van der Waals surface area contributed by atoms with E-state index < -0.39 is 0 Å². The lowest BCUT2D eigenvalue weighted by Gasteiger charge is -2.07. The third-order valence-corrected chi connectivity index (χ3v) is 2.69. The number of aromatic nitrogens is 2. The van der Waals surface area contributed by atoms with Crippen LogP contribution < -0.4 is 10.6 Å². The lowest BCUT2D eigenvalue weighted by atomic mass is 10.2. The van der Waals surface area contributed by atoms with E-state index >= 15 is 0 Å². The van der Waals surface area contributed by atoms with Crippen LogP contribution in [-0.4, -0.2) is 22.6 Å². The number of aromatic amines is 1. The minimum atomic E-state index is -0.184. The van der Waals surface area contributed by atoms with Crippen LogP contribution in [-0.2, 0) is 6.54 Å². The smallest absolute Gasteiger partial charge is 0.273 e. The molecule has 1 amide bonds. The number of carbonyl (C=O) groups excluding carboxylic acids is 1. The first-order valence-electron chi connectivity index (χ1n) is 6.40. The lowest BCUT2D eigenvalue weighted by Crippen LogP contribution is -2.15. The molecule has 100 valence electrons. The van der Waals surface area contributed by atoms with Gasteiger partial charge in [0.2, 0.25) is 0 Å². The summed E-state index contributed by atoms with van der Waals surface area (Å²) in [5.74, 6) is -0.184. The SMILES string of the molecule is CCCNCc1cccc(NC(=O)c2ccn[nH]2)c1. The number of hydrogen-bond acceptors (Lipinski definition) is 3. The van der Waals surface area contributed by atoms with E-state index in [1.165, 1.54) is 0 Å². The Morgan fingerprint density at radius 1 is 1.37 bits per heavy atom. The number of amides is 1. The molecule has 2 aromatic rings. The Labute approximate surface area is 112 Å². The highest BCUT2D eigenvalue weighted by atomic mass is 16.1. The van der Waals surface area contributed by atoms with E-state index in [2.05, 4.69) is 27.8 Å². The molecular formula is C14H18N4O. The van der Waals surface area contributed by atoms with Gasteiger partial charge in [0.05, 0.1) is 0 Å². The maximum atomic E-state index is 11.8. The molecule has 1 aromatic carbocycles. The number of anilines is 1. The normalized spacial score (nSPS) is 10.4. The number of carbonyl (C=O) groups is 1. The zero-order chi connectivity index (χ0) is 13.5. The van der Waals surface area contributed by atoms with E-state index in [0.717, 1.165) is 30.8 Å². The Bertz CT molecular complexity index is 522. The van der Waals surface area contributed by atoms with Crippen molar-refractivity contribution < 1.29 is 4.79 Å². The third kappa shape index (κ3) is 3.93. The number of benzene rings is 1. The highest BCUT2D eigenvalue weighted by Gasteiger charge is 2.06. The Morgan fingerprint density at radius 3 is 3.00 bits per heavy atom. The Balaban J connectivity index is 1.97. The first kappa shape index (κ1) is 13.3. The summed E-state index contributed by atoms with van der Waals surface area (Å²) in [5.41, 5.74) is 2.39. The van der Waals surface area contributed by atoms with Crippen molar-refractivity contribution in [2.75, 3.05) is 11.9 Å². The van der Waals surface area contributed by atoms with Crippen LogP contribution in [0, 0.1) is 0 Å². The fourth-order valence-corrected chi connectivity index (χ4v) is 1.75. The third-order valence-electron chi connectivity index (χ3n) is 2.69. The second kappa shape index (κ2) is 6.70. The predicted molar refractivity (Wildman–Crippen MR) is 75.0 cm³/mol. The van der Waals surface area contributed by atoms with Gasteiger partial charge in [-0.25, -0.2) is 0 Å². The Kier molecular flexibility index (Phi) is 4.69. The van der Waals surface area contributed by atoms with Crippen LogP contribution in [0.25, 0.3) is 0 Å². The fourth-order valence-electron chi connectivity index (χ4n) is 1.75. The van der Waals surface area contributed by atoms with Crippen molar-refractivity contribution in [2.24, 2.45) is 0 Å². The average Bonchev–Trinajstić information content (AvgIpc) is 2.93. The van der Waals surface area contributed by atoms with Crippen LogP contribution >= 0.6 is 0 Å². The molecule has 2 rings (SSSR count). The van der Waals surface area contributed by atoms with Gasteiger partial charge in [-0.05, 0) is 36.7 Å². The molecule has 1 aromatic heterocycles. The summed E-state index contributed by atoms with van der Waals surface area (Å²) in [6, 6.07) is 9.45. The van der Waals surface area contributed by atoms with Crippen molar-refractivity contribution in [3.8, 4) is 0 Å². The van der Waals surface area contributed by atoms with Gasteiger partial charge < -0.3 is 10.6 Å². The van der Waals surface area contributed by atoms with Crippen molar-refractivity contribution in [1.82, 2.24) is 15.5 Å². The van der Waals surface area contributed by atoms with Gasteiger partial charge in [0.1, 0.15) is 5.69 Å². The number of H-pyrrole nitrogens is 1. The summed E-state index contributed by atoms with van der Waals surface area (Å²) >= 11 is 0. The van der Waals surface area contributed by atoms with Crippen molar-refractivity contribution in [3.05, 3.63) is 47.8 Å². The zero-order valence-corrected chi connectivity index (χ0v) is 10.9. The molecule has 0 aliphatic heterocycles. The van der Waals surface area contributed by atoms with Crippen LogP contribution in [0.5, 0.6) is 0 Å². The monoisotopic (exact) mass is 258 g/mol. The number of hydrogen-bond donors (Lipinski definition) is 3. The van der Waals surface area contributed by atoms with Crippen molar-refractivity contribution in [2.45, 2.75) is 19.9 Å². The van der Waals surface area contributed by atoms with Crippen LogP contribution in [0.3, 0.4) is 0 Å². The predicted octanol–water partition coefficient (Wildman–Crippen LogP) is 2.16. The van der Waals surface area contributed by atoms with Crippen LogP contribution in [0.4, 0.5) is 5.69 Å². The summed E-state index contributed by atoms with van der Waals surface area (Å²) in [4.78, 5) is 11.8. The molecule has 0 spiro atoms. The van der Waals surface area contributed by atoms with Gasteiger partial charge in [0.15, 0.2) is 0 Å². The number of rotatable bonds is 6. The van der Waals surface area contributed by atoms with E-state index in [1.807, 2.05) is 24.3 Å². The summed E-state index contributed by atoms with van der Waals surface area (Å²) < 4.78 is 0. The van der Waals surface area contributed by atoms with E-state index in [0.29, 0.717) is 5.69 Å². The molecule has 0 atom stereocenters. The standard InChI is InChI=1S/C14H18N4O/c1-2-7-15-10-11-4-3-5-12(9-11)17-14(19)13-6-8-16-18-13/h3-6,8-9,15H,2,7,10H2,1H3,(H,16,18)(H,17,19). The molecule has 0 bridgehead atoms. The first-order valence-corrected chi connectivity index (χ1v) is 6.40. The topological polar surface area (TPSA) is 69.8 Å². The summed E-state index contributed by atoms with van der Waals surface area (Å²) in [6.07, 6.45) is 2.66. The van der Waals surface area contributed by atoms with E-state index in [4.69, 9.17) is 0 Å². The summed E-state index contributed by atoms with van der Waals surface area (Å²) in [6.45, 7) is 3.93. The van der Waals surface area contributed by atoms with Crippen molar-refractivity contribution in [1.29, 1.82) is 0 Å². The van der Waals surface area contributed by atoms with Gasteiger partial charge in [0.25, 0.3) is 5.91 Å². The molecule has 0 fully saturated rings. The van der Waals surface area contributed by atoms with Gasteiger partial charge in [-0.1, -0.05) is 19.1 Å². The molecule has 0 saturated heterocycles. The molecular weight excluding hydrogens is 240 g/mol. The first-order chi connectivity index (χ1) is 9.29. The molecule has 0 aliphatic rings. The minimum Gasteiger partial charge on any atom is -0.321 e. The summed E-state index contributed by atoms with van der Waals surface area (Å²) in [5, 5.41) is 12.6. The number of nitrogens with one attached hydrogen (secondary N) is 3. The summed E-state index contributed by atoms with van der Waals surface area (Å²) in [7, 11) is 0. The molecule has 3 N–H and O–H groups in total. The van der Waals surface area contributed by atoms with Crippen molar-refractivity contribution in [3.63, 3.8) is 0 Å². The van der Waals surface area contributed by atoms with Gasteiger partial charge in [0, 0.05) is 18.4 Å². The highest BCUT2D eigenvalue weighted by molar-refractivity contribution is 6.02. The molecule has 0 unspecified atom stereocenters. The van der Waals surface area contributed by atoms with Crippen LogP contribution in [0.15, 0.2) is 36.5 Å². The van der Waals surface area contributed by atoms with Gasteiger partial charge in [-0.3, -0.25) is 9.89 Å². The fraction of sp³-hybridized carbons (Fsp3) is 0.286. The Morgan fingerprint density at radius 2 is 2.26 bits per heavy atom. The number of nitrogens with zero attached hydrogens (tertiary/aromatic N) is 1. The molecule has 1 heterocycles. The quantitative estimate of drug-likeness (QED) is 0.695. The van der Waals surface area contributed by atoms with E-state index in [-0.39, 0.29) is 5.91 Å². The average molecular weight is 258 g/mol. The Hall–Kier alpha value is -2.14. The molecule has 0 aliphatic carbocycles. The molecule has 0 saturated carbocycles. The van der Waals surface area contributed by atoms with Gasteiger partial charge in [-0.2, -0.15) is 5.10 Å². The van der Waals surface area contributed by atoms with Crippen molar-refractivity contribution >= 4 is 11.6 Å². The van der Waals surface area contributed by atoms with Gasteiger partial charge >= 0.3 is 0 Å². The molecule has 5 heteroatoms.